The molecule has 0 unspecified atom stereocenters. The molecule has 0 bridgehead atoms. The molecule has 1 fully saturated rings. The summed E-state index contributed by atoms with van der Waals surface area (Å²) < 4.78 is 13.2. The van der Waals surface area contributed by atoms with Crippen LogP contribution in [0.3, 0.4) is 0 Å². The average Bonchev–Trinajstić information content (AvgIpc) is 2.59. The Bertz CT molecular complexity index is 764. The number of nitrogens with zero attached hydrogens (tertiary/aromatic N) is 1. The second-order valence-electron chi connectivity index (χ2n) is 6.41. The van der Waals surface area contributed by atoms with Crippen LogP contribution in [-0.2, 0) is 11.3 Å². The smallest absolute Gasteiger partial charge is 0.227 e. The van der Waals surface area contributed by atoms with E-state index in [0.29, 0.717) is 5.69 Å². The van der Waals surface area contributed by atoms with E-state index in [9.17, 15) is 9.18 Å². The Kier molecular flexibility index (Phi) is 7.26. The van der Waals surface area contributed by atoms with Gasteiger partial charge in [0.15, 0.2) is 0 Å². The maximum Gasteiger partial charge on any atom is 0.227 e. The van der Waals surface area contributed by atoms with Crippen LogP contribution in [0.2, 0.25) is 5.02 Å². The largest absolute Gasteiger partial charge is 0.399 e. The number of hydrogen-bond acceptors (Lipinski definition) is 3. The van der Waals surface area contributed by atoms with Crippen molar-refractivity contribution in [3.05, 3.63) is 58.9 Å². The van der Waals surface area contributed by atoms with Gasteiger partial charge in [-0.05, 0) is 61.8 Å². The Labute approximate surface area is 163 Å². The third-order valence-electron chi connectivity index (χ3n) is 4.50. The molecule has 7 heteroatoms. The lowest BCUT2D eigenvalue weighted by Gasteiger charge is -2.31. The van der Waals surface area contributed by atoms with Gasteiger partial charge in [-0.2, -0.15) is 0 Å². The zero-order valence-electron chi connectivity index (χ0n) is 14.3. The molecule has 3 rings (SSSR count). The van der Waals surface area contributed by atoms with E-state index in [4.69, 9.17) is 17.3 Å². The molecule has 0 saturated carbocycles. The summed E-state index contributed by atoms with van der Waals surface area (Å²) in [7, 11) is 0. The van der Waals surface area contributed by atoms with Crippen molar-refractivity contribution >= 4 is 41.3 Å². The summed E-state index contributed by atoms with van der Waals surface area (Å²) in [5, 5.41) is 2.84. The molecular formula is C19H22Cl2FN3O. The summed E-state index contributed by atoms with van der Waals surface area (Å²) in [6.07, 6.45) is 1.59. The zero-order valence-corrected chi connectivity index (χ0v) is 15.8. The Morgan fingerprint density at radius 2 is 1.96 bits per heavy atom. The van der Waals surface area contributed by atoms with E-state index < -0.39 is 5.82 Å². The van der Waals surface area contributed by atoms with Crippen LogP contribution in [0, 0.1) is 11.7 Å². The highest BCUT2D eigenvalue weighted by Crippen LogP contribution is 2.23. The molecule has 4 nitrogen and oxygen atoms in total. The van der Waals surface area contributed by atoms with Gasteiger partial charge in [0.05, 0.1) is 5.02 Å². The maximum absolute atomic E-state index is 13.2. The number of halogens is 3. The molecular weight excluding hydrogens is 376 g/mol. The van der Waals surface area contributed by atoms with Gasteiger partial charge in [-0.3, -0.25) is 9.69 Å². The van der Waals surface area contributed by atoms with E-state index in [1.165, 1.54) is 23.8 Å². The van der Waals surface area contributed by atoms with Crippen molar-refractivity contribution in [3.63, 3.8) is 0 Å². The van der Waals surface area contributed by atoms with E-state index in [0.717, 1.165) is 38.2 Å². The van der Waals surface area contributed by atoms with Gasteiger partial charge in [0.2, 0.25) is 5.91 Å². The average molecular weight is 398 g/mol. The Morgan fingerprint density at radius 3 is 2.62 bits per heavy atom. The monoisotopic (exact) mass is 397 g/mol. The van der Waals surface area contributed by atoms with Crippen molar-refractivity contribution in [2.24, 2.45) is 5.92 Å². The van der Waals surface area contributed by atoms with E-state index in [-0.39, 0.29) is 29.3 Å². The number of carbonyl (C=O) groups is 1. The maximum atomic E-state index is 13.2. The lowest BCUT2D eigenvalue weighted by molar-refractivity contribution is -0.121. The molecule has 140 valence electrons. The molecule has 26 heavy (non-hydrogen) atoms. The first-order valence-electron chi connectivity index (χ1n) is 8.34. The number of carbonyl (C=O) groups excluding carboxylic acids is 1. The molecule has 0 aliphatic carbocycles. The van der Waals surface area contributed by atoms with Crippen molar-refractivity contribution in [2.75, 3.05) is 24.1 Å². The molecule has 0 spiro atoms. The summed E-state index contributed by atoms with van der Waals surface area (Å²) in [6.45, 7) is 2.56. The number of nitrogens with one attached hydrogen (secondary N) is 1. The molecule has 2 aromatic rings. The summed E-state index contributed by atoms with van der Waals surface area (Å²) in [6, 6.07) is 12.1. The molecule has 3 N–H and O–H groups in total. The molecule has 0 aromatic heterocycles. The lowest BCUT2D eigenvalue weighted by Crippen LogP contribution is -2.37. The van der Waals surface area contributed by atoms with Gasteiger partial charge in [0.1, 0.15) is 5.82 Å². The second-order valence-corrected chi connectivity index (χ2v) is 6.82. The SMILES string of the molecule is Cl.Nc1cccc(CN2CCC(C(=O)Nc3ccc(F)c(Cl)c3)CC2)c1. The first-order chi connectivity index (χ1) is 12.0. The van der Waals surface area contributed by atoms with Gasteiger partial charge in [-0.25, -0.2) is 4.39 Å². The molecule has 1 aliphatic rings. The van der Waals surface area contributed by atoms with Crippen LogP contribution in [-0.4, -0.2) is 23.9 Å². The number of hydrogen-bond donors (Lipinski definition) is 2. The number of likely N-dealkylation sites (tertiary alicyclic amines) is 1. The van der Waals surface area contributed by atoms with Crippen molar-refractivity contribution in [3.8, 4) is 0 Å². The number of nitrogens with two attached hydrogens (primary N) is 1. The van der Waals surface area contributed by atoms with Gasteiger partial charge in [-0.1, -0.05) is 23.7 Å². The first-order valence-corrected chi connectivity index (χ1v) is 8.72. The van der Waals surface area contributed by atoms with Gasteiger partial charge >= 0.3 is 0 Å². The van der Waals surface area contributed by atoms with Crippen LogP contribution in [0.25, 0.3) is 0 Å². The molecule has 0 radical (unpaired) electrons. The Hall–Kier alpha value is -1.82. The normalized spacial score (nSPS) is 15.3. The van der Waals surface area contributed by atoms with Crippen LogP contribution in [0.15, 0.2) is 42.5 Å². The van der Waals surface area contributed by atoms with Gasteiger partial charge in [0.25, 0.3) is 0 Å². The van der Waals surface area contributed by atoms with E-state index in [1.54, 1.807) is 0 Å². The van der Waals surface area contributed by atoms with E-state index in [1.807, 2.05) is 18.2 Å². The molecule has 1 aliphatic heterocycles. The summed E-state index contributed by atoms with van der Waals surface area (Å²) in [4.78, 5) is 14.7. The minimum absolute atomic E-state index is 0. The fourth-order valence-corrected chi connectivity index (χ4v) is 3.30. The van der Waals surface area contributed by atoms with E-state index in [2.05, 4.69) is 16.3 Å². The van der Waals surface area contributed by atoms with Crippen LogP contribution >= 0.6 is 24.0 Å². The fourth-order valence-electron chi connectivity index (χ4n) is 3.12. The first kappa shape index (κ1) is 20.5. The third kappa shape index (κ3) is 5.34. The summed E-state index contributed by atoms with van der Waals surface area (Å²) >= 11 is 5.75. The highest BCUT2D eigenvalue weighted by Gasteiger charge is 2.25. The molecule has 1 saturated heterocycles. The molecule has 1 amide bonds. The van der Waals surface area contributed by atoms with Crippen molar-refractivity contribution in [1.29, 1.82) is 0 Å². The number of rotatable bonds is 4. The van der Waals surface area contributed by atoms with Gasteiger partial charge in [-0.15, -0.1) is 12.4 Å². The standard InChI is InChI=1S/C19H21ClFN3O.ClH/c20-17-11-16(4-5-18(17)21)23-19(25)14-6-8-24(9-7-14)12-13-2-1-3-15(22)10-13;/h1-5,10-11,14H,6-9,12,22H2,(H,23,25);1H. The predicted molar refractivity (Wildman–Crippen MR) is 106 cm³/mol. The fraction of sp³-hybridized carbons (Fsp3) is 0.316. The van der Waals surface area contributed by atoms with Crippen LogP contribution in [0.5, 0.6) is 0 Å². The zero-order chi connectivity index (χ0) is 17.8. The quantitative estimate of drug-likeness (QED) is 0.754. The minimum atomic E-state index is -0.491. The summed E-state index contributed by atoms with van der Waals surface area (Å²) in [5.41, 5.74) is 8.29. The lowest BCUT2D eigenvalue weighted by atomic mass is 9.95. The second kappa shape index (κ2) is 9.21. The third-order valence-corrected chi connectivity index (χ3v) is 4.79. The van der Waals surface area contributed by atoms with Crippen molar-refractivity contribution < 1.29 is 9.18 Å². The predicted octanol–water partition coefficient (Wildman–Crippen LogP) is 4.33. The van der Waals surface area contributed by atoms with Crippen molar-refractivity contribution in [2.45, 2.75) is 19.4 Å². The highest BCUT2D eigenvalue weighted by atomic mass is 35.5. The van der Waals surface area contributed by atoms with Gasteiger partial charge in [0, 0.05) is 23.8 Å². The van der Waals surface area contributed by atoms with Crippen LogP contribution in [0.1, 0.15) is 18.4 Å². The topological polar surface area (TPSA) is 58.4 Å². The number of benzene rings is 2. The van der Waals surface area contributed by atoms with Crippen LogP contribution < -0.4 is 11.1 Å². The van der Waals surface area contributed by atoms with E-state index >= 15 is 0 Å². The Morgan fingerprint density at radius 1 is 1.23 bits per heavy atom. The number of nitrogen functional groups attached to an aromatic ring is 1. The summed E-state index contributed by atoms with van der Waals surface area (Å²) in [5.74, 6) is -0.568. The highest BCUT2D eigenvalue weighted by molar-refractivity contribution is 6.31. The minimum Gasteiger partial charge on any atom is -0.399 e. The number of anilines is 2. The molecule has 2 aromatic carbocycles. The number of piperidine rings is 1. The molecule has 1 heterocycles. The van der Waals surface area contributed by atoms with Crippen molar-refractivity contribution in [1.82, 2.24) is 4.90 Å². The molecule has 0 atom stereocenters. The van der Waals surface area contributed by atoms with Gasteiger partial charge < -0.3 is 11.1 Å². The number of amides is 1. The Balaban J connectivity index is 0.00000243. The van der Waals surface area contributed by atoms with Crippen LogP contribution in [0.4, 0.5) is 15.8 Å².